The Morgan fingerprint density at radius 1 is 1.62 bits per heavy atom. The molecule has 1 fully saturated rings. The van der Waals surface area contributed by atoms with E-state index in [1.165, 1.54) is 0 Å². The summed E-state index contributed by atoms with van der Waals surface area (Å²) in [5.41, 5.74) is 6.08. The molecule has 0 heterocycles. The molecule has 0 spiro atoms. The smallest absolute Gasteiger partial charge is 0.338 e. The number of nitrogens with two attached hydrogens (primary N) is 1. The summed E-state index contributed by atoms with van der Waals surface area (Å²) < 4.78 is 0. The first kappa shape index (κ1) is 11.2. The van der Waals surface area contributed by atoms with Crippen molar-refractivity contribution in [3.63, 3.8) is 0 Å². The number of rotatable bonds is 3. The van der Waals surface area contributed by atoms with Gasteiger partial charge in [0.25, 0.3) is 0 Å². The highest BCUT2D eigenvalue weighted by Gasteiger charge is 2.39. The van der Waals surface area contributed by atoms with Gasteiger partial charge in [0, 0.05) is 5.02 Å². The molecule has 2 atom stereocenters. The second-order valence-corrected chi connectivity index (χ2v) is 4.51. The molecule has 0 saturated heterocycles. The molecule has 0 radical (unpaired) electrons. The molecule has 1 aliphatic carbocycles. The third-order valence-corrected chi connectivity index (χ3v) is 3.10. The summed E-state index contributed by atoms with van der Waals surface area (Å²) >= 11 is 5.89. The number of carbonyl (C=O) groups is 1. The molecule has 1 aliphatic rings. The van der Waals surface area contributed by atoms with Crippen LogP contribution in [0.2, 0.25) is 5.02 Å². The van der Waals surface area contributed by atoms with E-state index in [0.717, 1.165) is 12.0 Å². The Hall–Kier alpha value is -1.26. The van der Waals surface area contributed by atoms with Gasteiger partial charge >= 0.3 is 6.03 Å². The fraction of sp³-hybridized carbons (Fsp3) is 0.364. The van der Waals surface area contributed by atoms with Crippen molar-refractivity contribution in [2.75, 3.05) is 6.54 Å². The van der Waals surface area contributed by atoms with E-state index in [4.69, 9.17) is 17.3 Å². The molecule has 1 aromatic carbocycles. The molecule has 2 amide bonds. The maximum Gasteiger partial charge on any atom is 0.338 e. The molecular formula is C11H13ClN2O2. The number of halogens is 1. The van der Waals surface area contributed by atoms with Crippen molar-refractivity contribution in [1.82, 2.24) is 5.06 Å². The highest BCUT2D eigenvalue weighted by Crippen LogP contribution is 2.47. The molecule has 0 bridgehead atoms. The lowest BCUT2D eigenvalue weighted by Crippen LogP contribution is -2.34. The predicted molar refractivity (Wildman–Crippen MR) is 60.4 cm³/mol. The van der Waals surface area contributed by atoms with Gasteiger partial charge in [-0.25, -0.2) is 9.86 Å². The topological polar surface area (TPSA) is 66.6 Å². The van der Waals surface area contributed by atoms with Crippen molar-refractivity contribution in [1.29, 1.82) is 0 Å². The van der Waals surface area contributed by atoms with E-state index < -0.39 is 6.03 Å². The summed E-state index contributed by atoms with van der Waals surface area (Å²) in [6, 6.07) is 6.83. The van der Waals surface area contributed by atoms with E-state index >= 15 is 0 Å². The number of hydrogen-bond donors (Lipinski definition) is 2. The summed E-state index contributed by atoms with van der Waals surface area (Å²) in [4.78, 5) is 10.6. The van der Waals surface area contributed by atoms with Crippen LogP contribution in [0, 0.1) is 5.92 Å². The zero-order valence-electron chi connectivity index (χ0n) is 8.64. The quantitative estimate of drug-likeness (QED) is 0.628. The van der Waals surface area contributed by atoms with Crippen LogP contribution in [0.5, 0.6) is 0 Å². The van der Waals surface area contributed by atoms with Crippen LogP contribution in [0.15, 0.2) is 24.3 Å². The Kier molecular flexibility index (Phi) is 3.03. The maximum atomic E-state index is 10.6. The number of urea groups is 1. The van der Waals surface area contributed by atoms with Crippen LogP contribution >= 0.6 is 11.6 Å². The van der Waals surface area contributed by atoms with Crippen LogP contribution in [0.1, 0.15) is 17.9 Å². The molecule has 0 aromatic heterocycles. The number of nitrogens with zero attached hydrogens (tertiary/aromatic N) is 1. The van der Waals surface area contributed by atoms with Gasteiger partial charge in [0.05, 0.1) is 6.54 Å². The molecule has 1 aromatic rings. The zero-order valence-corrected chi connectivity index (χ0v) is 9.39. The Morgan fingerprint density at radius 2 is 2.38 bits per heavy atom. The van der Waals surface area contributed by atoms with Gasteiger partial charge in [-0.3, -0.25) is 5.21 Å². The van der Waals surface area contributed by atoms with E-state index in [1.54, 1.807) is 0 Å². The monoisotopic (exact) mass is 240 g/mol. The lowest BCUT2D eigenvalue weighted by atomic mass is 10.1. The van der Waals surface area contributed by atoms with Crippen molar-refractivity contribution in [3.8, 4) is 0 Å². The van der Waals surface area contributed by atoms with Crippen LogP contribution < -0.4 is 5.73 Å². The number of hydroxylamine groups is 2. The number of benzene rings is 1. The zero-order chi connectivity index (χ0) is 11.7. The van der Waals surface area contributed by atoms with Gasteiger partial charge in [0.2, 0.25) is 0 Å². The number of hydrogen-bond acceptors (Lipinski definition) is 2. The average molecular weight is 241 g/mol. The van der Waals surface area contributed by atoms with E-state index in [2.05, 4.69) is 0 Å². The molecule has 3 N–H and O–H groups in total. The van der Waals surface area contributed by atoms with Gasteiger partial charge < -0.3 is 5.73 Å². The molecule has 16 heavy (non-hydrogen) atoms. The minimum Gasteiger partial charge on any atom is -0.350 e. The minimum absolute atomic E-state index is 0.274. The average Bonchev–Trinajstić information content (AvgIpc) is 2.97. The fourth-order valence-electron chi connectivity index (χ4n) is 1.91. The van der Waals surface area contributed by atoms with Crippen molar-refractivity contribution >= 4 is 17.6 Å². The number of primary amides is 1. The van der Waals surface area contributed by atoms with Crippen molar-refractivity contribution in [2.45, 2.75) is 12.3 Å². The predicted octanol–water partition coefficient (Wildman–Crippen LogP) is 2.21. The van der Waals surface area contributed by atoms with Gasteiger partial charge in [0.15, 0.2) is 0 Å². The van der Waals surface area contributed by atoms with Gasteiger partial charge in [-0.1, -0.05) is 23.7 Å². The maximum absolute atomic E-state index is 10.6. The van der Waals surface area contributed by atoms with Crippen molar-refractivity contribution in [3.05, 3.63) is 34.9 Å². The standard InChI is InChI=1S/C11H13ClN2O2/c12-9-3-1-2-7(4-9)10-5-8(10)6-14(16)11(13)15/h1-4,8,10,16H,5-6H2,(H2,13,15). The Morgan fingerprint density at radius 3 is 3.00 bits per heavy atom. The first-order valence-corrected chi connectivity index (χ1v) is 5.47. The summed E-state index contributed by atoms with van der Waals surface area (Å²) in [5, 5.41) is 10.5. The second kappa shape index (κ2) is 4.31. The third-order valence-electron chi connectivity index (χ3n) is 2.86. The summed E-state index contributed by atoms with van der Waals surface area (Å²) in [6.45, 7) is 0.284. The van der Waals surface area contributed by atoms with Gasteiger partial charge in [-0.05, 0) is 36.0 Å². The van der Waals surface area contributed by atoms with E-state index in [9.17, 15) is 10.0 Å². The highest BCUT2D eigenvalue weighted by atomic mass is 35.5. The summed E-state index contributed by atoms with van der Waals surface area (Å²) in [5.74, 6) is 0.642. The number of amides is 2. The van der Waals surface area contributed by atoms with Crippen LogP contribution in [0.4, 0.5) is 4.79 Å². The molecule has 1 saturated carbocycles. The fourth-order valence-corrected chi connectivity index (χ4v) is 2.11. The largest absolute Gasteiger partial charge is 0.350 e. The Balaban J connectivity index is 1.94. The second-order valence-electron chi connectivity index (χ2n) is 4.08. The molecule has 2 unspecified atom stereocenters. The van der Waals surface area contributed by atoms with Crippen molar-refractivity contribution in [2.24, 2.45) is 11.7 Å². The summed E-state index contributed by atoms with van der Waals surface area (Å²) in [6.07, 6.45) is 0.949. The molecule has 5 heteroatoms. The van der Waals surface area contributed by atoms with Crippen LogP contribution in [-0.2, 0) is 0 Å². The Labute approximate surface area is 98.6 Å². The van der Waals surface area contributed by atoms with Crippen LogP contribution in [0.25, 0.3) is 0 Å². The van der Waals surface area contributed by atoms with Crippen LogP contribution in [-0.4, -0.2) is 22.8 Å². The van der Waals surface area contributed by atoms with E-state index in [1.807, 2.05) is 24.3 Å². The lowest BCUT2D eigenvalue weighted by molar-refractivity contribution is -0.0431. The van der Waals surface area contributed by atoms with Gasteiger partial charge in [-0.15, -0.1) is 0 Å². The van der Waals surface area contributed by atoms with Gasteiger partial charge in [-0.2, -0.15) is 0 Å². The molecule has 0 aliphatic heterocycles. The third kappa shape index (κ3) is 2.46. The van der Waals surface area contributed by atoms with Crippen molar-refractivity contribution < 1.29 is 10.0 Å². The normalized spacial score (nSPS) is 22.9. The lowest BCUT2D eigenvalue weighted by Gasteiger charge is -2.11. The number of carbonyl (C=O) groups excluding carboxylic acids is 1. The van der Waals surface area contributed by atoms with E-state index in [0.29, 0.717) is 16.0 Å². The summed E-state index contributed by atoms with van der Waals surface area (Å²) in [7, 11) is 0. The van der Waals surface area contributed by atoms with Gasteiger partial charge in [0.1, 0.15) is 0 Å². The molecule has 86 valence electrons. The van der Waals surface area contributed by atoms with E-state index in [-0.39, 0.29) is 12.5 Å². The molecular weight excluding hydrogens is 228 g/mol. The molecule has 4 nitrogen and oxygen atoms in total. The SMILES string of the molecule is NC(=O)N(O)CC1CC1c1cccc(Cl)c1. The first-order chi connectivity index (χ1) is 7.58. The highest BCUT2D eigenvalue weighted by molar-refractivity contribution is 6.30. The first-order valence-electron chi connectivity index (χ1n) is 5.09. The minimum atomic E-state index is -0.809. The molecule has 2 rings (SSSR count). The Bertz CT molecular complexity index is 411. The van der Waals surface area contributed by atoms with Crippen LogP contribution in [0.3, 0.4) is 0 Å².